The second kappa shape index (κ2) is 3.79. The molecule has 0 aliphatic rings. The normalized spacial score (nSPS) is 9.87. The molecule has 6 heteroatoms. The van der Waals surface area contributed by atoms with Gasteiger partial charge in [0, 0.05) is 6.20 Å². The fourth-order valence-corrected chi connectivity index (χ4v) is 1.06. The first-order valence-corrected chi connectivity index (χ1v) is 4.28. The van der Waals surface area contributed by atoms with Crippen LogP contribution in [0.5, 0.6) is 0 Å². The largest absolute Gasteiger partial charge is 0.384 e. The standard InChI is InChI=1S/C9H9N5O/c10-8-2-1-6(5-11-8)13-9(15)7-3-4-12-14-7/h1-5H,(H2,10,11)(H,12,14)(H,13,15). The molecule has 0 aliphatic heterocycles. The molecule has 0 saturated heterocycles. The Bertz CT molecular complexity index is 448. The predicted octanol–water partition coefficient (Wildman–Crippen LogP) is 0.639. The summed E-state index contributed by atoms with van der Waals surface area (Å²) in [5.41, 5.74) is 6.39. The molecule has 2 aromatic rings. The first kappa shape index (κ1) is 9.20. The Morgan fingerprint density at radius 1 is 1.40 bits per heavy atom. The second-order valence-electron chi connectivity index (χ2n) is 2.90. The number of anilines is 2. The van der Waals surface area contributed by atoms with E-state index >= 15 is 0 Å². The lowest BCUT2D eigenvalue weighted by Gasteiger charge is -2.02. The lowest BCUT2D eigenvalue weighted by molar-refractivity contribution is 0.102. The summed E-state index contributed by atoms with van der Waals surface area (Å²) in [5, 5.41) is 8.88. The van der Waals surface area contributed by atoms with Gasteiger partial charge in [0.2, 0.25) is 0 Å². The van der Waals surface area contributed by atoms with E-state index in [9.17, 15) is 4.79 Å². The van der Waals surface area contributed by atoms with E-state index in [2.05, 4.69) is 20.5 Å². The molecule has 4 N–H and O–H groups in total. The summed E-state index contributed by atoms with van der Waals surface area (Å²) in [6.45, 7) is 0. The molecule has 2 aromatic heterocycles. The van der Waals surface area contributed by atoms with Crippen LogP contribution in [-0.2, 0) is 0 Å². The Morgan fingerprint density at radius 2 is 2.27 bits per heavy atom. The van der Waals surface area contributed by atoms with Crippen LogP contribution in [0, 0.1) is 0 Å². The molecule has 2 heterocycles. The molecular formula is C9H9N5O. The van der Waals surface area contributed by atoms with Gasteiger partial charge in [0.25, 0.3) is 5.91 Å². The Hall–Kier alpha value is -2.37. The number of nitrogens with one attached hydrogen (secondary N) is 2. The van der Waals surface area contributed by atoms with Gasteiger partial charge in [-0.15, -0.1) is 0 Å². The van der Waals surface area contributed by atoms with Crippen LogP contribution in [0.3, 0.4) is 0 Å². The molecule has 0 bridgehead atoms. The second-order valence-corrected chi connectivity index (χ2v) is 2.90. The highest BCUT2D eigenvalue weighted by molar-refractivity contribution is 6.02. The molecule has 0 unspecified atom stereocenters. The van der Waals surface area contributed by atoms with Crippen LogP contribution < -0.4 is 11.1 Å². The molecule has 0 radical (unpaired) electrons. The van der Waals surface area contributed by atoms with Gasteiger partial charge in [0.05, 0.1) is 11.9 Å². The molecule has 0 saturated carbocycles. The van der Waals surface area contributed by atoms with Crippen molar-refractivity contribution in [3.8, 4) is 0 Å². The van der Waals surface area contributed by atoms with Crippen LogP contribution in [-0.4, -0.2) is 21.1 Å². The summed E-state index contributed by atoms with van der Waals surface area (Å²) in [4.78, 5) is 15.4. The lowest BCUT2D eigenvalue weighted by Crippen LogP contribution is -2.12. The van der Waals surface area contributed by atoms with Gasteiger partial charge in [-0.25, -0.2) is 4.98 Å². The first-order chi connectivity index (χ1) is 7.25. The summed E-state index contributed by atoms with van der Waals surface area (Å²) in [7, 11) is 0. The van der Waals surface area contributed by atoms with Crippen molar-refractivity contribution >= 4 is 17.4 Å². The smallest absolute Gasteiger partial charge is 0.273 e. The molecule has 0 atom stereocenters. The zero-order valence-corrected chi connectivity index (χ0v) is 7.77. The number of nitrogens with zero attached hydrogens (tertiary/aromatic N) is 2. The maximum Gasteiger partial charge on any atom is 0.273 e. The number of H-pyrrole nitrogens is 1. The molecule has 0 aliphatic carbocycles. The van der Waals surface area contributed by atoms with Crippen molar-refractivity contribution in [3.63, 3.8) is 0 Å². The van der Waals surface area contributed by atoms with Crippen molar-refractivity contribution < 1.29 is 4.79 Å². The van der Waals surface area contributed by atoms with Gasteiger partial charge in [-0.3, -0.25) is 9.89 Å². The first-order valence-electron chi connectivity index (χ1n) is 4.28. The van der Waals surface area contributed by atoms with E-state index in [1.54, 1.807) is 18.2 Å². The average molecular weight is 203 g/mol. The van der Waals surface area contributed by atoms with Crippen LogP contribution in [0.2, 0.25) is 0 Å². The van der Waals surface area contributed by atoms with Crippen molar-refractivity contribution in [3.05, 3.63) is 36.3 Å². The van der Waals surface area contributed by atoms with Gasteiger partial charge in [-0.05, 0) is 18.2 Å². The fraction of sp³-hybridized carbons (Fsp3) is 0. The molecule has 2 rings (SSSR count). The highest BCUT2D eigenvalue weighted by Gasteiger charge is 2.06. The molecular weight excluding hydrogens is 194 g/mol. The van der Waals surface area contributed by atoms with Crippen molar-refractivity contribution in [1.82, 2.24) is 15.2 Å². The van der Waals surface area contributed by atoms with E-state index < -0.39 is 0 Å². The number of hydrogen-bond acceptors (Lipinski definition) is 4. The van der Waals surface area contributed by atoms with E-state index in [1.807, 2.05) is 0 Å². The van der Waals surface area contributed by atoms with Gasteiger partial charge in [-0.2, -0.15) is 5.10 Å². The number of rotatable bonds is 2. The van der Waals surface area contributed by atoms with Crippen LogP contribution in [0.15, 0.2) is 30.6 Å². The number of amides is 1. The minimum absolute atomic E-state index is 0.265. The number of carbonyl (C=O) groups excluding carboxylic acids is 1. The van der Waals surface area contributed by atoms with E-state index in [0.29, 0.717) is 17.2 Å². The number of aromatic amines is 1. The van der Waals surface area contributed by atoms with Crippen LogP contribution >= 0.6 is 0 Å². The summed E-state index contributed by atoms with van der Waals surface area (Å²) in [5.74, 6) is 0.147. The highest BCUT2D eigenvalue weighted by atomic mass is 16.1. The van der Waals surface area contributed by atoms with Gasteiger partial charge < -0.3 is 11.1 Å². The quantitative estimate of drug-likeness (QED) is 0.667. The molecule has 6 nitrogen and oxygen atoms in total. The summed E-state index contributed by atoms with van der Waals surface area (Å²) in [6.07, 6.45) is 3.00. The maximum atomic E-state index is 11.5. The fourth-order valence-electron chi connectivity index (χ4n) is 1.06. The average Bonchev–Trinajstić information content (AvgIpc) is 2.74. The van der Waals surface area contributed by atoms with E-state index in [1.165, 1.54) is 12.4 Å². The zero-order chi connectivity index (χ0) is 10.7. The number of pyridine rings is 1. The van der Waals surface area contributed by atoms with Gasteiger partial charge in [0.15, 0.2) is 0 Å². The molecule has 15 heavy (non-hydrogen) atoms. The van der Waals surface area contributed by atoms with E-state index in [0.717, 1.165) is 0 Å². The predicted molar refractivity (Wildman–Crippen MR) is 55.2 cm³/mol. The number of nitrogens with two attached hydrogens (primary N) is 1. The molecule has 76 valence electrons. The third kappa shape index (κ3) is 2.11. The molecule has 0 spiro atoms. The zero-order valence-electron chi connectivity index (χ0n) is 7.77. The van der Waals surface area contributed by atoms with Crippen LogP contribution in [0.1, 0.15) is 10.5 Å². The molecule has 1 amide bonds. The number of aromatic nitrogens is 3. The van der Waals surface area contributed by atoms with E-state index in [-0.39, 0.29) is 5.91 Å². The maximum absolute atomic E-state index is 11.5. The SMILES string of the molecule is Nc1ccc(NC(=O)c2ccn[nH]2)cn1. The van der Waals surface area contributed by atoms with Crippen molar-refractivity contribution in [2.45, 2.75) is 0 Å². The third-order valence-electron chi connectivity index (χ3n) is 1.79. The van der Waals surface area contributed by atoms with Crippen molar-refractivity contribution in [2.24, 2.45) is 0 Å². The summed E-state index contributed by atoms with van der Waals surface area (Å²) >= 11 is 0. The van der Waals surface area contributed by atoms with Crippen molar-refractivity contribution in [1.29, 1.82) is 0 Å². The van der Waals surface area contributed by atoms with Crippen LogP contribution in [0.25, 0.3) is 0 Å². The third-order valence-corrected chi connectivity index (χ3v) is 1.79. The Labute approximate surface area is 85.5 Å². The number of hydrogen-bond donors (Lipinski definition) is 3. The Balaban J connectivity index is 2.09. The Morgan fingerprint density at radius 3 is 2.87 bits per heavy atom. The van der Waals surface area contributed by atoms with Gasteiger partial charge >= 0.3 is 0 Å². The lowest BCUT2D eigenvalue weighted by atomic mass is 10.3. The van der Waals surface area contributed by atoms with Crippen molar-refractivity contribution in [2.75, 3.05) is 11.1 Å². The minimum Gasteiger partial charge on any atom is -0.384 e. The van der Waals surface area contributed by atoms with Gasteiger partial charge in [0.1, 0.15) is 11.5 Å². The summed E-state index contributed by atoms with van der Waals surface area (Å²) in [6, 6.07) is 4.87. The Kier molecular flexibility index (Phi) is 2.32. The number of nitrogen functional groups attached to an aromatic ring is 1. The topological polar surface area (TPSA) is 96.7 Å². The number of carbonyl (C=O) groups is 1. The van der Waals surface area contributed by atoms with Gasteiger partial charge in [-0.1, -0.05) is 0 Å². The molecule has 0 fully saturated rings. The summed E-state index contributed by atoms with van der Waals surface area (Å²) < 4.78 is 0. The molecule has 0 aromatic carbocycles. The minimum atomic E-state index is -0.265. The monoisotopic (exact) mass is 203 g/mol. The van der Waals surface area contributed by atoms with E-state index in [4.69, 9.17) is 5.73 Å². The van der Waals surface area contributed by atoms with Crippen LogP contribution in [0.4, 0.5) is 11.5 Å². The highest BCUT2D eigenvalue weighted by Crippen LogP contribution is 2.08.